The van der Waals surface area contributed by atoms with Gasteiger partial charge in [-0.05, 0) is 13.3 Å². The molecular weight excluding hydrogens is 142 g/mol. The minimum absolute atomic E-state index is 0.314. The van der Waals surface area contributed by atoms with Crippen molar-refractivity contribution in [1.29, 1.82) is 0 Å². The van der Waals surface area contributed by atoms with Crippen molar-refractivity contribution in [3.05, 3.63) is 0 Å². The topological polar surface area (TPSA) is 52.3 Å². The summed E-state index contributed by atoms with van der Waals surface area (Å²) in [6, 6.07) is 0. The van der Waals surface area contributed by atoms with Gasteiger partial charge in [-0.2, -0.15) is 0 Å². The normalized spacial score (nSPS) is 15.6. The summed E-state index contributed by atoms with van der Waals surface area (Å²) in [4.78, 5) is 10.5. The van der Waals surface area contributed by atoms with Crippen molar-refractivity contribution < 1.29 is 9.53 Å². The van der Waals surface area contributed by atoms with Crippen molar-refractivity contribution in [2.45, 2.75) is 45.8 Å². The van der Waals surface area contributed by atoms with Crippen molar-refractivity contribution >= 4 is 5.97 Å². The molecule has 0 spiro atoms. The van der Waals surface area contributed by atoms with Crippen molar-refractivity contribution in [1.82, 2.24) is 0 Å². The van der Waals surface area contributed by atoms with E-state index in [1.165, 1.54) is 6.92 Å². The number of hydrogen-bond acceptors (Lipinski definition) is 3. The maximum atomic E-state index is 10.5. The molecule has 66 valence electrons. The Morgan fingerprint density at radius 1 is 1.64 bits per heavy atom. The molecule has 0 aromatic heterocycles. The molecule has 2 N–H and O–H groups in total. The van der Waals surface area contributed by atoms with Gasteiger partial charge in [0.05, 0.1) is 0 Å². The fourth-order valence-electron chi connectivity index (χ4n) is 0.907. The van der Waals surface area contributed by atoms with Gasteiger partial charge in [-0.3, -0.25) is 10.5 Å². The minimum Gasteiger partial charge on any atom is -0.445 e. The van der Waals surface area contributed by atoms with Crippen molar-refractivity contribution in [2.75, 3.05) is 0 Å². The van der Waals surface area contributed by atoms with Gasteiger partial charge in [0.15, 0.2) is 5.72 Å². The van der Waals surface area contributed by atoms with Gasteiger partial charge in [-0.25, -0.2) is 0 Å². The van der Waals surface area contributed by atoms with Gasteiger partial charge in [0.1, 0.15) is 0 Å². The van der Waals surface area contributed by atoms with E-state index in [2.05, 4.69) is 6.92 Å². The number of nitrogens with two attached hydrogens (primary N) is 1. The Hall–Kier alpha value is -0.570. The van der Waals surface area contributed by atoms with Crippen LogP contribution in [0.5, 0.6) is 0 Å². The van der Waals surface area contributed by atoms with E-state index in [0.717, 1.165) is 19.3 Å². The van der Waals surface area contributed by atoms with Gasteiger partial charge in [-0.1, -0.05) is 13.3 Å². The van der Waals surface area contributed by atoms with Crippen molar-refractivity contribution in [2.24, 2.45) is 5.73 Å². The summed E-state index contributed by atoms with van der Waals surface area (Å²) in [5, 5.41) is 0. The van der Waals surface area contributed by atoms with E-state index in [9.17, 15) is 4.79 Å². The van der Waals surface area contributed by atoms with E-state index < -0.39 is 5.72 Å². The van der Waals surface area contributed by atoms with Crippen LogP contribution < -0.4 is 5.73 Å². The molecular formula is C8H17NO2. The molecule has 0 fully saturated rings. The van der Waals surface area contributed by atoms with Gasteiger partial charge in [0.25, 0.3) is 0 Å². The van der Waals surface area contributed by atoms with Crippen LogP contribution in [0.1, 0.15) is 40.0 Å². The fraction of sp³-hybridized carbons (Fsp3) is 0.875. The second-order valence-electron chi connectivity index (χ2n) is 3.01. The van der Waals surface area contributed by atoms with Crippen LogP contribution in [0.2, 0.25) is 0 Å². The summed E-state index contributed by atoms with van der Waals surface area (Å²) < 4.78 is 4.88. The predicted octanol–water partition coefficient (Wildman–Crippen LogP) is 1.41. The van der Waals surface area contributed by atoms with E-state index in [-0.39, 0.29) is 5.97 Å². The lowest BCUT2D eigenvalue weighted by Gasteiger charge is -2.23. The Labute approximate surface area is 67.9 Å². The summed E-state index contributed by atoms with van der Waals surface area (Å²) in [7, 11) is 0. The van der Waals surface area contributed by atoms with Crippen LogP contribution in [0, 0.1) is 0 Å². The molecule has 0 aliphatic rings. The second-order valence-corrected chi connectivity index (χ2v) is 3.01. The quantitative estimate of drug-likeness (QED) is 0.498. The smallest absolute Gasteiger partial charge is 0.304 e. The van der Waals surface area contributed by atoms with E-state index >= 15 is 0 Å². The van der Waals surface area contributed by atoms with E-state index in [1.54, 1.807) is 6.92 Å². The molecule has 0 saturated heterocycles. The Kier molecular flexibility index (Phi) is 4.11. The number of hydrogen-bond donors (Lipinski definition) is 1. The maximum absolute atomic E-state index is 10.5. The van der Waals surface area contributed by atoms with Crippen LogP contribution in [0.15, 0.2) is 0 Å². The first-order valence-electron chi connectivity index (χ1n) is 3.96. The lowest BCUT2D eigenvalue weighted by atomic mass is 10.1. The van der Waals surface area contributed by atoms with Crippen molar-refractivity contribution in [3.8, 4) is 0 Å². The molecule has 0 rings (SSSR count). The molecule has 1 atom stereocenters. The number of rotatable bonds is 4. The van der Waals surface area contributed by atoms with Gasteiger partial charge < -0.3 is 4.74 Å². The molecule has 0 heterocycles. The Morgan fingerprint density at radius 2 is 2.18 bits per heavy atom. The average Bonchev–Trinajstić information content (AvgIpc) is 1.81. The largest absolute Gasteiger partial charge is 0.445 e. The highest BCUT2D eigenvalue weighted by atomic mass is 16.6. The third kappa shape index (κ3) is 5.85. The zero-order valence-electron chi connectivity index (χ0n) is 7.52. The van der Waals surface area contributed by atoms with Gasteiger partial charge >= 0.3 is 5.97 Å². The van der Waals surface area contributed by atoms with Crippen LogP contribution in [-0.4, -0.2) is 11.7 Å². The van der Waals surface area contributed by atoms with E-state index in [4.69, 9.17) is 10.5 Å². The average molecular weight is 159 g/mol. The summed E-state index contributed by atoms with van der Waals surface area (Å²) in [5.74, 6) is -0.314. The maximum Gasteiger partial charge on any atom is 0.304 e. The van der Waals surface area contributed by atoms with Crippen LogP contribution >= 0.6 is 0 Å². The van der Waals surface area contributed by atoms with Crippen molar-refractivity contribution in [3.63, 3.8) is 0 Å². The zero-order chi connectivity index (χ0) is 8.91. The van der Waals surface area contributed by atoms with Gasteiger partial charge in [-0.15, -0.1) is 0 Å². The third-order valence-electron chi connectivity index (χ3n) is 1.40. The standard InChI is InChI=1S/C8H17NO2/c1-4-5-6-8(3,9)11-7(2)10/h4-6,9H2,1-3H3/t8-/m0/s1. The Morgan fingerprint density at radius 3 is 2.55 bits per heavy atom. The third-order valence-corrected chi connectivity index (χ3v) is 1.40. The summed E-state index contributed by atoms with van der Waals surface area (Å²) in [6.07, 6.45) is 2.78. The number of carbonyl (C=O) groups is 1. The fourth-order valence-corrected chi connectivity index (χ4v) is 0.907. The first kappa shape index (κ1) is 10.4. The molecule has 0 aliphatic carbocycles. The van der Waals surface area contributed by atoms with Crippen LogP contribution in [0.3, 0.4) is 0 Å². The second kappa shape index (κ2) is 4.34. The number of carbonyl (C=O) groups excluding carboxylic acids is 1. The first-order valence-corrected chi connectivity index (χ1v) is 3.96. The monoisotopic (exact) mass is 159 g/mol. The van der Waals surface area contributed by atoms with Gasteiger partial charge in [0.2, 0.25) is 0 Å². The summed E-state index contributed by atoms with van der Waals surface area (Å²) in [6.45, 7) is 5.17. The molecule has 0 bridgehead atoms. The van der Waals surface area contributed by atoms with Gasteiger partial charge in [0, 0.05) is 13.3 Å². The van der Waals surface area contributed by atoms with E-state index in [0.29, 0.717) is 0 Å². The Balaban J connectivity index is 3.70. The lowest BCUT2D eigenvalue weighted by molar-refractivity contribution is -0.155. The van der Waals surface area contributed by atoms with Crippen LogP contribution in [0.25, 0.3) is 0 Å². The zero-order valence-corrected chi connectivity index (χ0v) is 7.52. The highest BCUT2D eigenvalue weighted by molar-refractivity contribution is 5.66. The number of esters is 1. The number of unbranched alkanes of at least 4 members (excludes halogenated alkanes) is 1. The molecule has 0 unspecified atom stereocenters. The van der Waals surface area contributed by atoms with Crippen LogP contribution in [-0.2, 0) is 9.53 Å². The highest BCUT2D eigenvalue weighted by Crippen LogP contribution is 2.11. The lowest BCUT2D eigenvalue weighted by Crippen LogP contribution is -2.40. The highest BCUT2D eigenvalue weighted by Gasteiger charge is 2.20. The summed E-state index contributed by atoms with van der Waals surface area (Å²) in [5.41, 5.74) is 4.88. The SMILES string of the molecule is CCCC[C@@](C)(N)OC(C)=O. The molecule has 3 heteroatoms. The minimum atomic E-state index is -0.776. The molecule has 0 amide bonds. The van der Waals surface area contributed by atoms with Crippen LogP contribution in [0.4, 0.5) is 0 Å². The number of ether oxygens (including phenoxy) is 1. The molecule has 0 radical (unpaired) electrons. The molecule has 0 aromatic rings. The predicted molar refractivity (Wildman–Crippen MR) is 43.9 cm³/mol. The molecule has 11 heavy (non-hydrogen) atoms. The molecule has 0 saturated carbocycles. The molecule has 0 aromatic carbocycles. The molecule has 3 nitrogen and oxygen atoms in total. The first-order chi connectivity index (χ1) is 4.98. The summed E-state index contributed by atoms with van der Waals surface area (Å²) >= 11 is 0. The van der Waals surface area contributed by atoms with E-state index in [1.807, 2.05) is 0 Å². The Bertz CT molecular complexity index is 132. The molecule has 0 aliphatic heterocycles.